The zero-order valence-corrected chi connectivity index (χ0v) is 13.1. The Morgan fingerprint density at radius 1 is 1.11 bits per heavy atom. The Bertz CT molecular complexity index is 428. The van der Waals surface area contributed by atoms with Crippen LogP contribution in [0.2, 0.25) is 0 Å². The second-order valence-electron chi connectivity index (χ2n) is 5.07. The Labute approximate surface area is 123 Å². The van der Waals surface area contributed by atoms with Gasteiger partial charge in [0.15, 0.2) is 11.5 Å². The van der Waals surface area contributed by atoms with Crippen molar-refractivity contribution in [3.8, 4) is 11.5 Å². The fraction of sp³-hybridized carbons (Fsp3) is 0.600. The lowest BCUT2D eigenvalue weighted by Crippen LogP contribution is -2.16. The second-order valence-corrected chi connectivity index (χ2v) is 5.93. The lowest BCUT2D eigenvalue weighted by atomic mass is 9.83. The van der Waals surface area contributed by atoms with E-state index < -0.39 is 6.10 Å². The standard InChI is InChI=1S/C15H21BrO3/c1-18-13-8-11(12(16)9-14(13)19-2)15(17)10-6-4-3-5-7-10/h8-10,15,17H,3-7H2,1-2H3. The van der Waals surface area contributed by atoms with Crippen molar-refractivity contribution in [3.63, 3.8) is 0 Å². The Morgan fingerprint density at radius 2 is 1.68 bits per heavy atom. The number of methoxy groups -OCH3 is 2. The van der Waals surface area contributed by atoms with Crippen LogP contribution < -0.4 is 9.47 Å². The average Bonchev–Trinajstić information content (AvgIpc) is 2.47. The van der Waals surface area contributed by atoms with E-state index in [9.17, 15) is 5.11 Å². The van der Waals surface area contributed by atoms with E-state index in [0.29, 0.717) is 17.4 Å². The normalized spacial score (nSPS) is 18.1. The van der Waals surface area contributed by atoms with E-state index in [2.05, 4.69) is 15.9 Å². The minimum atomic E-state index is -0.436. The van der Waals surface area contributed by atoms with E-state index in [-0.39, 0.29) is 0 Å². The predicted octanol–water partition coefficient (Wildman–Crippen LogP) is 4.08. The summed E-state index contributed by atoms with van der Waals surface area (Å²) < 4.78 is 11.5. The zero-order chi connectivity index (χ0) is 13.8. The first-order valence-electron chi connectivity index (χ1n) is 6.77. The second kappa shape index (κ2) is 6.62. The van der Waals surface area contributed by atoms with Gasteiger partial charge in [0.2, 0.25) is 0 Å². The first kappa shape index (κ1) is 14.7. The molecule has 0 heterocycles. The average molecular weight is 329 g/mol. The van der Waals surface area contributed by atoms with E-state index in [0.717, 1.165) is 22.9 Å². The summed E-state index contributed by atoms with van der Waals surface area (Å²) in [4.78, 5) is 0. The van der Waals surface area contributed by atoms with Crippen LogP contribution in [0.25, 0.3) is 0 Å². The van der Waals surface area contributed by atoms with Gasteiger partial charge in [-0.25, -0.2) is 0 Å². The van der Waals surface area contributed by atoms with Crippen molar-refractivity contribution in [1.82, 2.24) is 0 Å². The molecule has 1 unspecified atom stereocenters. The molecule has 2 rings (SSSR count). The zero-order valence-electron chi connectivity index (χ0n) is 11.5. The predicted molar refractivity (Wildman–Crippen MR) is 78.8 cm³/mol. The molecule has 0 radical (unpaired) electrons. The molecule has 0 saturated heterocycles. The van der Waals surface area contributed by atoms with Gasteiger partial charge in [0.05, 0.1) is 20.3 Å². The van der Waals surface area contributed by atoms with Crippen molar-refractivity contribution in [3.05, 3.63) is 22.2 Å². The lowest BCUT2D eigenvalue weighted by molar-refractivity contribution is 0.0839. The maximum absolute atomic E-state index is 10.6. The molecule has 1 N–H and O–H groups in total. The third-order valence-corrected chi connectivity index (χ3v) is 4.60. The Balaban J connectivity index is 2.27. The number of benzene rings is 1. The van der Waals surface area contributed by atoms with Crippen LogP contribution in [0.4, 0.5) is 0 Å². The van der Waals surface area contributed by atoms with E-state index in [1.807, 2.05) is 12.1 Å². The molecule has 0 amide bonds. The summed E-state index contributed by atoms with van der Waals surface area (Å²) in [6.07, 6.45) is 5.48. The van der Waals surface area contributed by atoms with Crippen LogP contribution in [0.5, 0.6) is 11.5 Å². The molecule has 3 nitrogen and oxygen atoms in total. The molecule has 1 aliphatic rings. The number of aliphatic hydroxyl groups excluding tert-OH is 1. The number of rotatable bonds is 4. The molecule has 0 spiro atoms. The molecule has 0 aliphatic heterocycles. The molecule has 1 aromatic rings. The van der Waals surface area contributed by atoms with E-state index in [1.165, 1.54) is 19.3 Å². The van der Waals surface area contributed by atoms with Gasteiger partial charge in [0, 0.05) is 4.47 Å². The SMILES string of the molecule is COc1cc(Br)c(C(O)C2CCCCC2)cc1OC. The highest BCUT2D eigenvalue weighted by Gasteiger charge is 2.25. The van der Waals surface area contributed by atoms with Crippen molar-refractivity contribution >= 4 is 15.9 Å². The van der Waals surface area contributed by atoms with E-state index in [1.54, 1.807) is 14.2 Å². The van der Waals surface area contributed by atoms with E-state index in [4.69, 9.17) is 9.47 Å². The van der Waals surface area contributed by atoms with Crippen LogP contribution in [0.3, 0.4) is 0 Å². The number of ether oxygens (including phenoxy) is 2. The van der Waals surface area contributed by atoms with Crippen LogP contribution in [0.15, 0.2) is 16.6 Å². The Kier molecular flexibility index (Phi) is 5.11. The maximum Gasteiger partial charge on any atom is 0.161 e. The Hall–Kier alpha value is -0.740. The highest BCUT2D eigenvalue weighted by molar-refractivity contribution is 9.10. The minimum Gasteiger partial charge on any atom is -0.493 e. The largest absolute Gasteiger partial charge is 0.493 e. The fourth-order valence-corrected chi connectivity index (χ4v) is 3.36. The summed E-state index contributed by atoms with van der Waals surface area (Å²) >= 11 is 3.52. The summed E-state index contributed by atoms with van der Waals surface area (Å²) in [5, 5.41) is 10.6. The molecule has 1 fully saturated rings. The molecule has 19 heavy (non-hydrogen) atoms. The lowest BCUT2D eigenvalue weighted by Gasteiger charge is -2.28. The van der Waals surface area contributed by atoms with Gasteiger partial charge in [-0.1, -0.05) is 35.2 Å². The Morgan fingerprint density at radius 3 is 2.26 bits per heavy atom. The quantitative estimate of drug-likeness (QED) is 0.905. The van der Waals surface area contributed by atoms with Crippen LogP contribution in [-0.2, 0) is 0 Å². The van der Waals surface area contributed by atoms with Gasteiger partial charge < -0.3 is 14.6 Å². The van der Waals surface area contributed by atoms with Gasteiger partial charge in [0.25, 0.3) is 0 Å². The van der Waals surface area contributed by atoms with Gasteiger partial charge in [0.1, 0.15) is 0 Å². The molecule has 1 aromatic carbocycles. The molecule has 1 atom stereocenters. The summed E-state index contributed by atoms with van der Waals surface area (Å²) in [5.74, 6) is 1.69. The minimum absolute atomic E-state index is 0.350. The summed E-state index contributed by atoms with van der Waals surface area (Å²) in [6.45, 7) is 0. The van der Waals surface area contributed by atoms with Gasteiger partial charge in [-0.2, -0.15) is 0 Å². The molecule has 106 valence electrons. The van der Waals surface area contributed by atoms with Crippen molar-refractivity contribution < 1.29 is 14.6 Å². The molecule has 4 heteroatoms. The van der Waals surface area contributed by atoms with Gasteiger partial charge >= 0.3 is 0 Å². The number of aliphatic hydroxyl groups is 1. The van der Waals surface area contributed by atoms with Gasteiger partial charge in [-0.3, -0.25) is 0 Å². The smallest absolute Gasteiger partial charge is 0.161 e. The molecule has 0 bridgehead atoms. The highest BCUT2D eigenvalue weighted by Crippen LogP contribution is 2.41. The number of hydrogen-bond acceptors (Lipinski definition) is 3. The van der Waals surface area contributed by atoms with Crippen LogP contribution in [-0.4, -0.2) is 19.3 Å². The van der Waals surface area contributed by atoms with Crippen LogP contribution in [0.1, 0.15) is 43.8 Å². The summed E-state index contributed by atoms with van der Waals surface area (Å²) in [6, 6.07) is 3.74. The van der Waals surface area contributed by atoms with Gasteiger partial charge in [-0.15, -0.1) is 0 Å². The van der Waals surface area contributed by atoms with Crippen LogP contribution in [0, 0.1) is 5.92 Å². The number of hydrogen-bond donors (Lipinski definition) is 1. The molecule has 1 aliphatic carbocycles. The highest BCUT2D eigenvalue weighted by atomic mass is 79.9. The first-order chi connectivity index (χ1) is 9.17. The van der Waals surface area contributed by atoms with E-state index >= 15 is 0 Å². The van der Waals surface area contributed by atoms with Crippen molar-refractivity contribution in [2.45, 2.75) is 38.2 Å². The number of halogens is 1. The molecular formula is C15H21BrO3. The third kappa shape index (κ3) is 3.23. The first-order valence-corrected chi connectivity index (χ1v) is 7.56. The maximum atomic E-state index is 10.6. The fourth-order valence-electron chi connectivity index (χ4n) is 2.80. The monoisotopic (exact) mass is 328 g/mol. The molecule has 0 aromatic heterocycles. The van der Waals surface area contributed by atoms with Crippen molar-refractivity contribution in [2.75, 3.05) is 14.2 Å². The van der Waals surface area contributed by atoms with Gasteiger partial charge in [-0.05, 0) is 36.5 Å². The summed E-state index contributed by atoms with van der Waals surface area (Å²) in [5.41, 5.74) is 0.893. The van der Waals surface area contributed by atoms with Crippen molar-refractivity contribution in [1.29, 1.82) is 0 Å². The molecular weight excluding hydrogens is 308 g/mol. The topological polar surface area (TPSA) is 38.7 Å². The van der Waals surface area contributed by atoms with Crippen LogP contribution >= 0.6 is 15.9 Å². The molecule has 1 saturated carbocycles. The van der Waals surface area contributed by atoms with Crippen molar-refractivity contribution in [2.24, 2.45) is 5.92 Å². The summed E-state index contributed by atoms with van der Waals surface area (Å²) in [7, 11) is 3.23. The third-order valence-electron chi connectivity index (χ3n) is 3.92.